The van der Waals surface area contributed by atoms with Crippen LogP contribution in [0.5, 0.6) is 0 Å². The molecule has 0 bridgehead atoms. The highest BCUT2D eigenvalue weighted by Crippen LogP contribution is 2.23. The van der Waals surface area contributed by atoms with E-state index in [-0.39, 0.29) is 22.4 Å². The summed E-state index contributed by atoms with van der Waals surface area (Å²) in [6.45, 7) is 1.96. The number of hydrogen-bond donors (Lipinski definition) is 4. The maximum Gasteiger partial charge on any atom is 0.182 e. The summed E-state index contributed by atoms with van der Waals surface area (Å²) in [6, 6.07) is 4.19. The van der Waals surface area contributed by atoms with Crippen molar-refractivity contribution in [3.05, 3.63) is 39.9 Å². The van der Waals surface area contributed by atoms with Crippen molar-refractivity contribution in [2.24, 2.45) is 10.9 Å². The standard InChI is InChI=1S/C17H20BrFN6O2/c18-13-9-12(1-2-14(13)19)22-17(23-26)16-15(24-27-25-16)8-11(20)7-10-3-5-21-6-4-10/h1-2,9-10,20-21,26H,3-8H2,(H,22,23). The van der Waals surface area contributed by atoms with Gasteiger partial charge in [0.25, 0.3) is 0 Å². The Labute approximate surface area is 163 Å². The van der Waals surface area contributed by atoms with Gasteiger partial charge in [-0.25, -0.2) is 14.0 Å². The number of nitrogens with zero attached hydrogens (tertiary/aromatic N) is 3. The molecule has 27 heavy (non-hydrogen) atoms. The maximum atomic E-state index is 13.4. The van der Waals surface area contributed by atoms with Crippen molar-refractivity contribution in [2.75, 3.05) is 13.1 Å². The van der Waals surface area contributed by atoms with Gasteiger partial charge in [-0.3, -0.25) is 10.7 Å². The molecule has 0 atom stereocenters. The lowest BCUT2D eigenvalue weighted by atomic mass is 9.91. The molecule has 0 aliphatic carbocycles. The molecule has 1 aliphatic rings. The van der Waals surface area contributed by atoms with Crippen LogP contribution < -0.4 is 10.8 Å². The van der Waals surface area contributed by atoms with Gasteiger partial charge in [0, 0.05) is 12.1 Å². The van der Waals surface area contributed by atoms with Crippen LogP contribution in [0, 0.1) is 17.1 Å². The Balaban J connectivity index is 1.74. The van der Waals surface area contributed by atoms with Crippen molar-refractivity contribution in [2.45, 2.75) is 25.7 Å². The van der Waals surface area contributed by atoms with Crippen LogP contribution >= 0.6 is 15.9 Å². The van der Waals surface area contributed by atoms with Crippen molar-refractivity contribution in [1.82, 2.24) is 21.1 Å². The lowest BCUT2D eigenvalue weighted by Gasteiger charge is -2.22. The van der Waals surface area contributed by atoms with Crippen LogP contribution in [0.3, 0.4) is 0 Å². The lowest BCUT2D eigenvalue weighted by molar-refractivity contribution is 0.234. The Bertz CT molecular complexity index is 835. The highest BCUT2D eigenvalue weighted by molar-refractivity contribution is 9.10. The number of halogens is 2. The van der Waals surface area contributed by atoms with E-state index >= 15 is 0 Å². The monoisotopic (exact) mass is 438 g/mol. The molecule has 1 aromatic heterocycles. The fourth-order valence-corrected chi connectivity index (χ4v) is 3.39. The molecule has 1 saturated heterocycles. The Morgan fingerprint density at radius 1 is 1.41 bits per heavy atom. The van der Waals surface area contributed by atoms with Gasteiger partial charge in [-0.05, 0) is 77.6 Å². The Kier molecular flexibility index (Phi) is 6.64. The summed E-state index contributed by atoms with van der Waals surface area (Å²) < 4.78 is 18.4. The summed E-state index contributed by atoms with van der Waals surface area (Å²) in [5.41, 5.74) is 3.54. The smallest absolute Gasteiger partial charge is 0.182 e. The molecule has 10 heteroatoms. The molecule has 1 aromatic carbocycles. The van der Waals surface area contributed by atoms with Crippen LogP contribution in [-0.2, 0) is 6.42 Å². The minimum absolute atomic E-state index is 0.0134. The Morgan fingerprint density at radius 2 is 2.19 bits per heavy atom. The molecule has 1 fully saturated rings. The third kappa shape index (κ3) is 5.18. The molecular formula is C17H20BrFN6O2. The molecule has 1 aliphatic heterocycles. The number of amidine groups is 1. The molecule has 0 radical (unpaired) electrons. The molecule has 2 aromatic rings. The van der Waals surface area contributed by atoms with E-state index in [4.69, 9.17) is 10.0 Å². The summed E-state index contributed by atoms with van der Waals surface area (Å²) in [4.78, 5) is 4.22. The quantitative estimate of drug-likeness (QED) is 0.312. The predicted molar refractivity (Wildman–Crippen MR) is 101 cm³/mol. The summed E-state index contributed by atoms with van der Waals surface area (Å²) in [7, 11) is 0. The van der Waals surface area contributed by atoms with Crippen molar-refractivity contribution in [1.29, 1.82) is 5.41 Å². The lowest BCUT2D eigenvalue weighted by Crippen LogP contribution is -2.29. The fraction of sp³-hybridized carbons (Fsp3) is 0.412. The zero-order valence-electron chi connectivity index (χ0n) is 14.5. The minimum Gasteiger partial charge on any atom is -0.317 e. The number of rotatable bonds is 6. The summed E-state index contributed by atoms with van der Waals surface area (Å²) in [5, 5.41) is 28.7. The van der Waals surface area contributed by atoms with Gasteiger partial charge in [0.05, 0.1) is 10.2 Å². The van der Waals surface area contributed by atoms with Crippen LogP contribution in [0.2, 0.25) is 0 Å². The molecule has 4 N–H and O–H groups in total. The molecule has 8 nitrogen and oxygen atoms in total. The number of hydrogen-bond acceptors (Lipinski definition) is 7. The molecule has 0 amide bonds. The second kappa shape index (κ2) is 9.16. The van der Waals surface area contributed by atoms with Crippen molar-refractivity contribution < 1.29 is 14.2 Å². The highest BCUT2D eigenvalue weighted by atomic mass is 79.9. The first-order chi connectivity index (χ1) is 13.1. The van der Waals surface area contributed by atoms with Gasteiger partial charge in [0.2, 0.25) is 0 Å². The van der Waals surface area contributed by atoms with E-state index in [1.165, 1.54) is 18.2 Å². The largest absolute Gasteiger partial charge is 0.317 e. The fourth-order valence-electron chi connectivity index (χ4n) is 3.03. The maximum absolute atomic E-state index is 13.4. The topological polar surface area (TPSA) is 119 Å². The first-order valence-corrected chi connectivity index (χ1v) is 9.38. The number of piperidine rings is 1. The molecule has 0 unspecified atom stereocenters. The van der Waals surface area contributed by atoms with E-state index in [2.05, 4.69) is 36.6 Å². The van der Waals surface area contributed by atoms with E-state index in [9.17, 15) is 9.60 Å². The van der Waals surface area contributed by atoms with Crippen LogP contribution in [0.1, 0.15) is 30.7 Å². The molecular weight excluding hydrogens is 419 g/mol. The van der Waals surface area contributed by atoms with Gasteiger partial charge >= 0.3 is 0 Å². The van der Waals surface area contributed by atoms with Gasteiger partial charge < -0.3 is 10.7 Å². The van der Waals surface area contributed by atoms with E-state index < -0.39 is 5.82 Å². The average molecular weight is 439 g/mol. The first-order valence-electron chi connectivity index (χ1n) is 8.59. The third-order valence-electron chi connectivity index (χ3n) is 4.41. The van der Waals surface area contributed by atoms with Crippen LogP contribution in [-0.4, -0.2) is 40.2 Å². The van der Waals surface area contributed by atoms with Crippen molar-refractivity contribution >= 4 is 33.2 Å². The second-order valence-electron chi connectivity index (χ2n) is 6.41. The van der Waals surface area contributed by atoms with Crippen LogP contribution in [0.4, 0.5) is 10.1 Å². The molecule has 144 valence electrons. The van der Waals surface area contributed by atoms with Gasteiger partial charge in [-0.1, -0.05) is 5.16 Å². The van der Waals surface area contributed by atoms with Crippen molar-refractivity contribution in [3.8, 4) is 0 Å². The highest BCUT2D eigenvalue weighted by Gasteiger charge is 2.20. The van der Waals surface area contributed by atoms with Crippen LogP contribution in [0.15, 0.2) is 32.3 Å². The third-order valence-corrected chi connectivity index (χ3v) is 5.01. The van der Waals surface area contributed by atoms with E-state index in [0.29, 0.717) is 29.4 Å². The Morgan fingerprint density at radius 3 is 2.89 bits per heavy atom. The zero-order chi connectivity index (χ0) is 19.2. The van der Waals surface area contributed by atoms with Gasteiger partial charge in [-0.15, -0.1) is 0 Å². The van der Waals surface area contributed by atoms with Crippen molar-refractivity contribution in [3.63, 3.8) is 0 Å². The van der Waals surface area contributed by atoms with Gasteiger partial charge in [0.1, 0.15) is 11.5 Å². The SMILES string of the molecule is N=C(Cc1nonc1C(=Nc1ccc(F)c(Br)c1)NO)CC1CCNCC1. The van der Waals surface area contributed by atoms with E-state index in [1.807, 2.05) is 5.48 Å². The second-order valence-corrected chi connectivity index (χ2v) is 7.26. The zero-order valence-corrected chi connectivity index (χ0v) is 16.1. The summed E-state index contributed by atoms with van der Waals surface area (Å²) in [5.74, 6) is 0.0877. The van der Waals surface area contributed by atoms with Crippen LogP contribution in [0.25, 0.3) is 0 Å². The predicted octanol–water partition coefficient (Wildman–Crippen LogP) is 2.98. The number of aromatic nitrogens is 2. The molecule has 2 heterocycles. The first kappa shape index (κ1) is 19.6. The van der Waals surface area contributed by atoms with E-state index in [0.717, 1.165) is 25.9 Å². The van der Waals surface area contributed by atoms with Gasteiger partial charge in [0.15, 0.2) is 11.5 Å². The average Bonchev–Trinajstić information content (AvgIpc) is 3.11. The summed E-state index contributed by atoms with van der Waals surface area (Å²) >= 11 is 3.09. The summed E-state index contributed by atoms with van der Waals surface area (Å²) in [6.07, 6.45) is 3.06. The molecule has 0 saturated carbocycles. The molecule has 3 rings (SSSR count). The number of benzene rings is 1. The van der Waals surface area contributed by atoms with Gasteiger partial charge in [-0.2, -0.15) is 0 Å². The van der Waals surface area contributed by atoms with E-state index in [1.54, 1.807) is 0 Å². The Hall–Kier alpha value is -2.17. The minimum atomic E-state index is -0.414. The number of nitrogens with one attached hydrogen (secondary N) is 3. The number of hydroxylamine groups is 1. The molecule has 0 spiro atoms. The number of aliphatic imine (C=N–C) groups is 1. The normalized spacial score (nSPS) is 15.7.